The maximum absolute atomic E-state index is 13.0. The van der Waals surface area contributed by atoms with Gasteiger partial charge in [-0.3, -0.25) is 0 Å². The molecule has 2 aliphatic rings. The minimum atomic E-state index is -0.0134. The number of ether oxygens (including phenoxy) is 1. The summed E-state index contributed by atoms with van der Waals surface area (Å²) in [5.41, 5.74) is 2.21. The van der Waals surface area contributed by atoms with Crippen LogP contribution in [0.25, 0.3) is 0 Å². The lowest BCUT2D eigenvalue weighted by atomic mass is 9.96. The molecule has 1 N–H and O–H groups in total. The zero-order chi connectivity index (χ0) is 19.5. The topological polar surface area (TPSA) is 57.7 Å². The average molecular weight is 380 g/mol. The number of rotatable bonds is 4. The number of nitrogens with one attached hydrogen (secondary N) is 1. The molecule has 28 heavy (non-hydrogen) atoms. The second kappa shape index (κ2) is 8.19. The first-order valence-corrected chi connectivity index (χ1v) is 9.99. The molecule has 2 aromatic rings. The fourth-order valence-electron chi connectivity index (χ4n) is 4.32. The Morgan fingerprint density at radius 3 is 2.86 bits per heavy atom. The lowest BCUT2D eigenvalue weighted by Gasteiger charge is -2.36. The molecule has 3 atom stereocenters. The van der Waals surface area contributed by atoms with Gasteiger partial charge in [-0.15, -0.1) is 0 Å². The van der Waals surface area contributed by atoms with Crippen LogP contribution in [0.5, 0.6) is 0 Å². The number of piperidine rings is 1. The summed E-state index contributed by atoms with van der Waals surface area (Å²) in [6.45, 7) is 1.25. The number of benzene rings is 1. The van der Waals surface area contributed by atoms with Crippen molar-refractivity contribution < 1.29 is 9.53 Å². The summed E-state index contributed by atoms with van der Waals surface area (Å²) in [5, 5.41) is 3.10. The van der Waals surface area contributed by atoms with Gasteiger partial charge in [-0.25, -0.2) is 9.78 Å². The van der Waals surface area contributed by atoms with Crippen molar-refractivity contribution in [3.05, 3.63) is 59.8 Å². The number of hydrogen-bond donors (Lipinski definition) is 1. The molecule has 0 radical (unpaired) electrons. The van der Waals surface area contributed by atoms with Crippen molar-refractivity contribution in [2.75, 3.05) is 25.5 Å². The number of carbonyl (C=O) groups excluding carboxylic acids is 1. The summed E-state index contributed by atoms with van der Waals surface area (Å²) < 4.78 is 6.31. The molecule has 6 heteroatoms. The summed E-state index contributed by atoms with van der Waals surface area (Å²) in [4.78, 5) is 21.3. The Bertz CT molecular complexity index is 811. The third kappa shape index (κ3) is 3.83. The Hall–Kier alpha value is -2.60. The van der Waals surface area contributed by atoms with Gasteiger partial charge in [-0.05, 0) is 24.5 Å². The molecule has 2 aliphatic heterocycles. The van der Waals surface area contributed by atoms with E-state index in [2.05, 4.69) is 22.4 Å². The molecule has 2 amide bonds. The smallest absolute Gasteiger partial charge is 0.318 e. The second-order valence-corrected chi connectivity index (χ2v) is 7.75. The molecule has 2 fully saturated rings. The number of fused-ring (bicyclic) bond motifs is 1. The van der Waals surface area contributed by atoms with Gasteiger partial charge in [0.15, 0.2) is 0 Å². The molecule has 0 spiro atoms. The van der Waals surface area contributed by atoms with Crippen molar-refractivity contribution in [3.8, 4) is 0 Å². The molecule has 6 nitrogen and oxygen atoms in total. The first kappa shape index (κ1) is 18.7. The number of aromatic nitrogens is 1. The van der Waals surface area contributed by atoms with Crippen molar-refractivity contribution >= 4 is 11.8 Å². The highest BCUT2D eigenvalue weighted by Gasteiger charge is 2.43. The summed E-state index contributed by atoms with van der Waals surface area (Å²) in [6.07, 6.45) is 4.83. The summed E-state index contributed by atoms with van der Waals surface area (Å²) in [6, 6.07) is 14.4. The predicted molar refractivity (Wildman–Crippen MR) is 109 cm³/mol. The third-order valence-electron chi connectivity index (χ3n) is 5.67. The standard InChI is InChI=1S/C22H28N4O2/c1-25(2)21-17(10-6-12-23-21)15-24-22(27)26-13-7-11-19-18(26)14-20(28-19)16-8-4-3-5-9-16/h3-6,8-10,12,18-20H,7,11,13-15H2,1-2H3,(H,24,27)/t18-,19-,20-/m0/s1. The Labute approximate surface area is 166 Å². The van der Waals surface area contributed by atoms with Crippen LogP contribution in [0.1, 0.15) is 36.5 Å². The number of nitrogens with zero attached hydrogens (tertiary/aromatic N) is 3. The Morgan fingerprint density at radius 2 is 2.07 bits per heavy atom. The zero-order valence-electron chi connectivity index (χ0n) is 16.5. The number of carbonyl (C=O) groups is 1. The molecule has 1 aromatic heterocycles. The number of pyridine rings is 1. The maximum Gasteiger partial charge on any atom is 0.318 e. The highest BCUT2D eigenvalue weighted by Crippen LogP contribution is 2.39. The van der Waals surface area contributed by atoms with E-state index in [4.69, 9.17) is 4.74 Å². The number of hydrogen-bond acceptors (Lipinski definition) is 4. The zero-order valence-corrected chi connectivity index (χ0v) is 16.5. The number of anilines is 1. The molecule has 2 saturated heterocycles. The van der Waals surface area contributed by atoms with Crippen LogP contribution in [-0.4, -0.2) is 48.7 Å². The van der Waals surface area contributed by atoms with Gasteiger partial charge in [0.25, 0.3) is 0 Å². The van der Waals surface area contributed by atoms with E-state index in [-0.39, 0.29) is 24.3 Å². The van der Waals surface area contributed by atoms with E-state index in [0.29, 0.717) is 6.54 Å². The van der Waals surface area contributed by atoms with Crippen LogP contribution < -0.4 is 10.2 Å². The van der Waals surface area contributed by atoms with E-state index < -0.39 is 0 Å². The Kier molecular flexibility index (Phi) is 5.48. The number of amides is 2. The van der Waals surface area contributed by atoms with Crippen molar-refractivity contribution in [2.45, 2.75) is 44.1 Å². The fraction of sp³-hybridized carbons (Fsp3) is 0.455. The first-order valence-electron chi connectivity index (χ1n) is 9.99. The highest BCUT2D eigenvalue weighted by atomic mass is 16.5. The summed E-state index contributed by atoms with van der Waals surface area (Å²) in [5.74, 6) is 0.882. The second-order valence-electron chi connectivity index (χ2n) is 7.75. The molecule has 1 aromatic carbocycles. The fourth-order valence-corrected chi connectivity index (χ4v) is 4.32. The molecule has 148 valence electrons. The third-order valence-corrected chi connectivity index (χ3v) is 5.67. The molecule has 0 unspecified atom stereocenters. The number of likely N-dealkylation sites (tertiary alicyclic amines) is 1. The van der Waals surface area contributed by atoms with E-state index in [1.807, 2.05) is 54.2 Å². The van der Waals surface area contributed by atoms with Crippen LogP contribution >= 0.6 is 0 Å². The van der Waals surface area contributed by atoms with Gasteiger partial charge in [0, 0.05) is 45.4 Å². The van der Waals surface area contributed by atoms with Crippen molar-refractivity contribution in [3.63, 3.8) is 0 Å². The molecule has 0 aliphatic carbocycles. The molecule has 0 saturated carbocycles. The van der Waals surface area contributed by atoms with Gasteiger partial charge < -0.3 is 19.9 Å². The van der Waals surface area contributed by atoms with Gasteiger partial charge in [0.05, 0.1) is 18.2 Å². The van der Waals surface area contributed by atoms with Crippen molar-refractivity contribution in [1.82, 2.24) is 15.2 Å². The molecule has 3 heterocycles. The van der Waals surface area contributed by atoms with Crippen molar-refractivity contribution in [1.29, 1.82) is 0 Å². The van der Waals surface area contributed by atoms with E-state index in [0.717, 1.165) is 37.2 Å². The van der Waals surface area contributed by atoms with Crippen LogP contribution in [0, 0.1) is 0 Å². The normalized spacial score (nSPS) is 23.9. The Morgan fingerprint density at radius 1 is 1.25 bits per heavy atom. The Balaban J connectivity index is 1.42. The first-order chi connectivity index (χ1) is 13.6. The summed E-state index contributed by atoms with van der Waals surface area (Å²) in [7, 11) is 3.92. The van der Waals surface area contributed by atoms with E-state index in [9.17, 15) is 4.79 Å². The van der Waals surface area contributed by atoms with Crippen LogP contribution in [0.2, 0.25) is 0 Å². The van der Waals surface area contributed by atoms with E-state index in [1.165, 1.54) is 5.56 Å². The van der Waals surface area contributed by atoms with Gasteiger partial charge in [-0.2, -0.15) is 0 Å². The quantitative estimate of drug-likeness (QED) is 0.884. The van der Waals surface area contributed by atoms with Crippen LogP contribution in [-0.2, 0) is 11.3 Å². The van der Waals surface area contributed by atoms with E-state index in [1.54, 1.807) is 6.20 Å². The van der Waals surface area contributed by atoms with Crippen molar-refractivity contribution in [2.24, 2.45) is 0 Å². The molecule has 4 rings (SSSR count). The lowest BCUT2D eigenvalue weighted by molar-refractivity contribution is 0.00551. The van der Waals surface area contributed by atoms with Gasteiger partial charge >= 0.3 is 6.03 Å². The molecular weight excluding hydrogens is 352 g/mol. The van der Waals surface area contributed by atoms with Gasteiger partial charge in [0.2, 0.25) is 0 Å². The van der Waals surface area contributed by atoms with Crippen LogP contribution in [0.15, 0.2) is 48.7 Å². The van der Waals surface area contributed by atoms with Gasteiger partial charge in [-0.1, -0.05) is 36.4 Å². The maximum atomic E-state index is 13.0. The highest BCUT2D eigenvalue weighted by molar-refractivity contribution is 5.75. The number of urea groups is 1. The SMILES string of the molecule is CN(C)c1ncccc1CNC(=O)N1CCC[C@@H]2O[C@H](c3ccccc3)C[C@@H]21. The molecular formula is C22H28N4O2. The lowest BCUT2D eigenvalue weighted by Crippen LogP contribution is -2.52. The minimum absolute atomic E-state index is 0.0134. The van der Waals surface area contributed by atoms with Gasteiger partial charge in [0.1, 0.15) is 5.82 Å². The van der Waals surface area contributed by atoms with Crippen LogP contribution in [0.3, 0.4) is 0 Å². The minimum Gasteiger partial charge on any atom is -0.368 e. The molecule has 0 bridgehead atoms. The average Bonchev–Trinajstić information content (AvgIpc) is 3.17. The van der Waals surface area contributed by atoms with Crippen LogP contribution in [0.4, 0.5) is 10.6 Å². The summed E-state index contributed by atoms with van der Waals surface area (Å²) >= 11 is 0. The monoisotopic (exact) mass is 380 g/mol. The predicted octanol–water partition coefficient (Wildman–Crippen LogP) is 3.35. The largest absolute Gasteiger partial charge is 0.368 e. The van der Waals surface area contributed by atoms with E-state index >= 15 is 0 Å².